The maximum absolute atomic E-state index is 10.8. The van der Waals surface area contributed by atoms with Crippen LogP contribution in [-0.2, 0) is 12.8 Å². The number of carbonyl (C=O) groups excluding carboxylic acids is 1. The number of fused-ring (bicyclic) bond motifs is 1. The van der Waals surface area contributed by atoms with Crippen molar-refractivity contribution in [2.24, 2.45) is 5.73 Å². The first kappa shape index (κ1) is 7.34. The Hall–Kier alpha value is -1.32. The van der Waals surface area contributed by atoms with Gasteiger partial charge in [0.05, 0.1) is 0 Å². The van der Waals surface area contributed by atoms with Gasteiger partial charge >= 0.3 is 0 Å². The maximum Gasteiger partial charge on any atom is 0.271 e. The van der Waals surface area contributed by atoms with Gasteiger partial charge in [-0.15, -0.1) is 0 Å². The molecule has 4 nitrogen and oxygen atoms in total. The van der Waals surface area contributed by atoms with Crippen molar-refractivity contribution in [1.29, 1.82) is 0 Å². The summed E-state index contributed by atoms with van der Waals surface area (Å²) in [5.74, 6) is 0.358. The van der Waals surface area contributed by atoms with E-state index in [4.69, 9.17) is 10.3 Å². The first-order valence-corrected chi connectivity index (χ1v) is 4.06. The normalized spacial score (nSPS) is 15.7. The minimum absolute atomic E-state index is 0.324. The Kier molecular flexibility index (Phi) is 1.60. The Morgan fingerprint density at radius 1 is 1.42 bits per heavy atom. The van der Waals surface area contributed by atoms with Gasteiger partial charge in [-0.05, 0) is 19.3 Å². The van der Waals surface area contributed by atoms with E-state index in [9.17, 15) is 4.79 Å². The van der Waals surface area contributed by atoms with Crippen LogP contribution in [0.5, 0.6) is 0 Å². The molecular formula is C8H10N2O2. The van der Waals surface area contributed by atoms with Gasteiger partial charge in [0.1, 0.15) is 5.76 Å². The number of rotatable bonds is 1. The molecule has 1 amide bonds. The molecule has 0 bridgehead atoms. The monoisotopic (exact) mass is 166 g/mol. The zero-order valence-electron chi connectivity index (χ0n) is 6.67. The van der Waals surface area contributed by atoms with Crippen LogP contribution >= 0.6 is 0 Å². The summed E-state index contributed by atoms with van der Waals surface area (Å²) >= 11 is 0. The van der Waals surface area contributed by atoms with Crippen molar-refractivity contribution in [2.75, 3.05) is 0 Å². The van der Waals surface area contributed by atoms with Gasteiger partial charge in [-0.1, -0.05) is 5.16 Å². The van der Waals surface area contributed by atoms with Crippen LogP contribution in [0.15, 0.2) is 4.52 Å². The number of amides is 1. The van der Waals surface area contributed by atoms with Crippen LogP contribution in [0.3, 0.4) is 0 Å². The molecule has 1 aromatic rings. The zero-order valence-corrected chi connectivity index (χ0v) is 6.67. The number of nitrogens with two attached hydrogens (primary N) is 1. The molecule has 64 valence electrons. The van der Waals surface area contributed by atoms with E-state index in [1.54, 1.807) is 0 Å². The van der Waals surface area contributed by atoms with Crippen LogP contribution < -0.4 is 5.73 Å². The highest BCUT2D eigenvalue weighted by Gasteiger charge is 2.21. The van der Waals surface area contributed by atoms with E-state index in [2.05, 4.69) is 5.16 Å². The van der Waals surface area contributed by atoms with E-state index < -0.39 is 5.91 Å². The van der Waals surface area contributed by atoms with Crippen LogP contribution in [0.1, 0.15) is 34.7 Å². The molecule has 0 saturated heterocycles. The number of carbonyl (C=O) groups is 1. The zero-order chi connectivity index (χ0) is 8.55. The summed E-state index contributed by atoms with van der Waals surface area (Å²) in [7, 11) is 0. The standard InChI is InChI=1S/C8H10N2O2/c9-8(11)7-5-3-1-2-4-6(5)12-10-7/h1-4H2,(H2,9,11). The molecule has 0 atom stereocenters. The smallest absolute Gasteiger partial charge is 0.271 e. The van der Waals surface area contributed by atoms with E-state index >= 15 is 0 Å². The summed E-state index contributed by atoms with van der Waals surface area (Å²) < 4.78 is 5.00. The third-order valence-corrected chi connectivity index (χ3v) is 2.18. The number of aromatic nitrogens is 1. The Labute approximate surface area is 69.7 Å². The highest BCUT2D eigenvalue weighted by atomic mass is 16.5. The predicted octanol–water partition coefficient (Wildman–Crippen LogP) is 0.652. The van der Waals surface area contributed by atoms with Gasteiger partial charge in [0.15, 0.2) is 5.69 Å². The van der Waals surface area contributed by atoms with E-state index in [-0.39, 0.29) is 0 Å². The molecule has 0 aromatic carbocycles. The molecule has 2 N–H and O–H groups in total. The third-order valence-electron chi connectivity index (χ3n) is 2.18. The Balaban J connectivity index is 2.44. The van der Waals surface area contributed by atoms with Crippen LogP contribution in [0, 0.1) is 0 Å². The lowest BCUT2D eigenvalue weighted by Gasteiger charge is -2.07. The molecule has 0 fully saturated rings. The molecular weight excluding hydrogens is 156 g/mol. The minimum atomic E-state index is -0.484. The van der Waals surface area contributed by atoms with Crippen molar-refractivity contribution >= 4 is 5.91 Å². The molecule has 1 aliphatic carbocycles. The second kappa shape index (κ2) is 2.62. The Morgan fingerprint density at radius 2 is 2.17 bits per heavy atom. The fourth-order valence-electron chi connectivity index (χ4n) is 1.58. The van der Waals surface area contributed by atoms with Crippen LogP contribution in [-0.4, -0.2) is 11.1 Å². The molecule has 2 rings (SSSR count). The fraction of sp³-hybridized carbons (Fsp3) is 0.500. The van der Waals surface area contributed by atoms with Crippen LogP contribution in [0.25, 0.3) is 0 Å². The van der Waals surface area contributed by atoms with Crippen molar-refractivity contribution in [3.63, 3.8) is 0 Å². The minimum Gasteiger partial charge on any atom is -0.364 e. The van der Waals surface area contributed by atoms with Gasteiger partial charge < -0.3 is 10.3 Å². The first-order valence-electron chi connectivity index (χ1n) is 4.06. The second-order valence-corrected chi connectivity index (χ2v) is 3.00. The molecule has 0 unspecified atom stereocenters. The summed E-state index contributed by atoms with van der Waals surface area (Å²) in [6.45, 7) is 0. The maximum atomic E-state index is 10.8. The number of hydrogen-bond acceptors (Lipinski definition) is 3. The number of aryl methyl sites for hydroxylation is 1. The Morgan fingerprint density at radius 3 is 2.92 bits per heavy atom. The molecule has 0 saturated carbocycles. The topological polar surface area (TPSA) is 69.1 Å². The second-order valence-electron chi connectivity index (χ2n) is 3.00. The third kappa shape index (κ3) is 0.995. The van der Waals surface area contributed by atoms with Gasteiger partial charge in [-0.3, -0.25) is 4.79 Å². The molecule has 1 heterocycles. The quantitative estimate of drug-likeness (QED) is 0.666. The molecule has 1 aromatic heterocycles. The van der Waals surface area contributed by atoms with E-state index in [0.717, 1.165) is 37.0 Å². The highest BCUT2D eigenvalue weighted by molar-refractivity contribution is 5.92. The number of nitrogens with zero attached hydrogens (tertiary/aromatic N) is 1. The summed E-state index contributed by atoms with van der Waals surface area (Å²) in [5.41, 5.74) is 6.37. The van der Waals surface area contributed by atoms with E-state index in [1.165, 1.54) is 0 Å². The molecule has 4 heteroatoms. The molecule has 0 spiro atoms. The van der Waals surface area contributed by atoms with Crippen LogP contribution in [0.4, 0.5) is 0 Å². The van der Waals surface area contributed by atoms with Crippen molar-refractivity contribution < 1.29 is 9.32 Å². The van der Waals surface area contributed by atoms with Gasteiger partial charge in [-0.25, -0.2) is 0 Å². The first-order chi connectivity index (χ1) is 5.79. The van der Waals surface area contributed by atoms with E-state index in [0.29, 0.717) is 5.69 Å². The summed E-state index contributed by atoms with van der Waals surface area (Å²) in [6.07, 6.45) is 3.96. The molecule has 0 aliphatic heterocycles. The Bertz CT molecular complexity index is 317. The van der Waals surface area contributed by atoms with Gasteiger partial charge in [0, 0.05) is 12.0 Å². The lowest BCUT2D eigenvalue weighted by Crippen LogP contribution is -2.15. The summed E-state index contributed by atoms with van der Waals surface area (Å²) in [4.78, 5) is 10.8. The summed E-state index contributed by atoms with van der Waals surface area (Å²) in [6, 6.07) is 0. The van der Waals surface area contributed by atoms with Gasteiger partial charge in [0.25, 0.3) is 5.91 Å². The lowest BCUT2D eigenvalue weighted by atomic mass is 9.96. The largest absolute Gasteiger partial charge is 0.364 e. The highest BCUT2D eigenvalue weighted by Crippen LogP contribution is 2.23. The number of primary amides is 1. The summed E-state index contributed by atoms with van der Waals surface area (Å²) in [5, 5.41) is 3.65. The van der Waals surface area contributed by atoms with Crippen molar-refractivity contribution in [2.45, 2.75) is 25.7 Å². The van der Waals surface area contributed by atoms with Crippen LogP contribution in [0.2, 0.25) is 0 Å². The van der Waals surface area contributed by atoms with E-state index in [1.807, 2.05) is 0 Å². The average molecular weight is 166 g/mol. The molecule has 1 aliphatic rings. The average Bonchev–Trinajstić information content (AvgIpc) is 2.47. The van der Waals surface area contributed by atoms with Gasteiger partial charge in [0.2, 0.25) is 0 Å². The predicted molar refractivity (Wildman–Crippen MR) is 41.7 cm³/mol. The fourth-order valence-corrected chi connectivity index (χ4v) is 1.58. The van der Waals surface area contributed by atoms with Crippen molar-refractivity contribution in [3.05, 3.63) is 17.0 Å². The molecule has 0 radical (unpaired) electrons. The SMILES string of the molecule is NC(=O)c1noc2c1CCCC2. The van der Waals surface area contributed by atoms with Crippen molar-refractivity contribution in [3.8, 4) is 0 Å². The van der Waals surface area contributed by atoms with Crippen molar-refractivity contribution in [1.82, 2.24) is 5.16 Å². The molecule has 12 heavy (non-hydrogen) atoms. The van der Waals surface area contributed by atoms with Gasteiger partial charge in [-0.2, -0.15) is 0 Å². The number of hydrogen-bond donors (Lipinski definition) is 1. The lowest BCUT2D eigenvalue weighted by molar-refractivity contribution is 0.0991.